The molecule has 70 heavy (non-hydrogen) atoms. The number of benzene rings is 4. The zero-order chi connectivity index (χ0) is 49.0. The number of rotatable bonds is 11. The van der Waals surface area contributed by atoms with E-state index in [4.69, 9.17) is 26.8 Å². The van der Waals surface area contributed by atoms with E-state index in [0.717, 1.165) is 94.0 Å². The van der Waals surface area contributed by atoms with Crippen molar-refractivity contribution in [3.8, 4) is 22.6 Å². The molecule has 5 aromatic rings. The van der Waals surface area contributed by atoms with Crippen molar-refractivity contribution in [3.05, 3.63) is 106 Å². The van der Waals surface area contributed by atoms with Crippen molar-refractivity contribution in [2.45, 2.75) is 94.2 Å². The van der Waals surface area contributed by atoms with Crippen molar-refractivity contribution < 1.29 is 37.4 Å². The molecule has 17 heteroatoms. The molecule has 0 bridgehead atoms. The highest BCUT2D eigenvalue weighted by Gasteiger charge is 2.50. The van der Waals surface area contributed by atoms with Gasteiger partial charge < -0.3 is 25.4 Å². The molecule has 5 aliphatic rings. The molecule has 4 fully saturated rings. The van der Waals surface area contributed by atoms with Gasteiger partial charge in [0.2, 0.25) is 17.7 Å². The summed E-state index contributed by atoms with van der Waals surface area (Å²) < 4.78 is 46.0. The SMILES string of the molecule is COc1ccc(C(N)=O)c(-c2c(Cl)c(F)cc3c2C(C)C(CNC2CCC(C(=O)N4CCCC(N5CCC(c6ccc7c(N8CCC(=O)NC8=O)nn(C)c7c6)CC5)C4)CC2)(c2ccccc2)O3)c1F. The van der Waals surface area contributed by atoms with E-state index in [9.17, 15) is 19.2 Å². The number of aromatic nitrogens is 2. The lowest BCUT2D eigenvalue weighted by atomic mass is 9.77. The maximum atomic E-state index is 16.3. The van der Waals surface area contributed by atoms with Gasteiger partial charge in [0.15, 0.2) is 23.0 Å². The van der Waals surface area contributed by atoms with Gasteiger partial charge in [-0.05, 0) is 106 Å². The first kappa shape index (κ1) is 47.6. The first-order valence-electron chi connectivity index (χ1n) is 24.5. The summed E-state index contributed by atoms with van der Waals surface area (Å²) in [5.74, 6) is -2.22. The van der Waals surface area contributed by atoms with Crippen LogP contribution in [0.2, 0.25) is 5.02 Å². The predicted octanol–water partition coefficient (Wildman–Crippen LogP) is 8.14. The van der Waals surface area contributed by atoms with E-state index in [1.807, 2.05) is 49.0 Å². The van der Waals surface area contributed by atoms with Crippen molar-refractivity contribution in [1.82, 2.24) is 30.2 Å². The average Bonchev–Trinajstić information content (AvgIpc) is 3.85. The number of hydrogen-bond donors (Lipinski definition) is 3. The van der Waals surface area contributed by atoms with Crippen molar-refractivity contribution in [2.24, 2.45) is 18.7 Å². The van der Waals surface area contributed by atoms with Crippen LogP contribution in [0.25, 0.3) is 22.0 Å². The molecule has 4 aromatic carbocycles. The number of anilines is 1. The molecule has 4 aliphatic heterocycles. The highest BCUT2D eigenvalue weighted by Crippen LogP contribution is 2.56. The number of nitrogens with one attached hydrogen (secondary N) is 2. The van der Waals surface area contributed by atoms with Gasteiger partial charge in [0.25, 0.3) is 0 Å². The maximum Gasteiger partial charge on any atom is 0.329 e. The fourth-order valence-electron chi connectivity index (χ4n) is 12.0. The average molecular weight is 978 g/mol. The number of ether oxygens (including phenoxy) is 2. The van der Waals surface area contributed by atoms with Gasteiger partial charge in [-0.2, -0.15) is 5.10 Å². The van der Waals surface area contributed by atoms with E-state index < -0.39 is 35.1 Å². The lowest BCUT2D eigenvalue weighted by molar-refractivity contribution is -0.139. The molecular weight excluding hydrogens is 918 g/mol. The quantitative estimate of drug-likeness (QED) is 0.119. The number of aryl methyl sites for hydroxylation is 1. The second-order valence-corrected chi connectivity index (χ2v) is 20.1. The first-order chi connectivity index (χ1) is 33.8. The molecule has 0 spiro atoms. The number of hydrogen-bond acceptors (Lipinski definition) is 9. The van der Waals surface area contributed by atoms with Crippen LogP contribution < -0.4 is 30.7 Å². The molecule has 0 radical (unpaired) electrons. The Morgan fingerprint density at radius 2 is 1.71 bits per heavy atom. The number of fused-ring (bicyclic) bond motifs is 2. The molecule has 1 aliphatic carbocycles. The maximum absolute atomic E-state index is 16.3. The van der Waals surface area contributed by atoms with Gasteiger partial charge in [0, 0.05) is 91.7 Å². The number of nitrogens with two attached hydrogens (primary N) is 1. The predicted molar refractivity (Wildman–Crippen MR) is 262 cm³/mol. The van der Waals surface area contributed by atoms with E-state index in [-0.39, 0.29) is 63.4 Å². The molecule has 3 saturated heterocycles. The molecule has 1 aromatic heterocycles. The fraction of sp³-hybridized carbons (Fsp3) is 0.453. The van der Waals surface area contributed by atoms with Crippen LogP contribution in [0.4, 0.5) is 19.4 Å². The Morgan fingerprint density at radius 1 is 0.957 bits per heavy atom. The number of halogens is 3. The number of primary amides is 1. The molecular formula is C53H59ClF2N8O6. The third-order valence-corrected chi connectivity index (χ3v) is 16.2. The second-order valence-electron chi connectivity index (χ2n) is 19.7. The standard InChI is InChI=1S/C53H59ClF2N8O6/c1-30-44-42(27-39(55)47(54)46(44)45-38(49(57)66)17-18-41(69-3)48(45)56)70-53(30,34-8-5-4-6-9-34)29-58-35-14-11-32(12-15-35)51(67)63-22-7-10-36(28-63)62-23-19-31(20-24-62)33-13-16-37-40(26-33)61(2)60-50(37)64-25-21-43(65)59-52(64)68/h4-6,8-9,13,16-18,26-27,30-32,35-36,58H,7,10-12,14-15,19-25,28-29H2,1-3H3,(H2,57,66)(H,59,65,68). The van der Waals surface area contributed by atoms with Crippen molar-refractivity contribution in [2.75, 3.05) is 51.3 Å². The third-order valence-electron chi connectivity index (χ3n) is 15.9. The summed E-state index contributed by atoms with van der Waals surface area (Å²) in [6.45, 7) is 5.99. The highest BCUT2D eigenvalue weighted by atomic mass is 35.5. The number of piperidine rings is 2. The van der Waals surface area contributed by atoms with E-state index in [1.165, 1.54) is 35.8 Å². The summed E-state index contributed by atoms with van der Waals surface area (Å²) >= 11 is 6.71. The zero-order valence-electron chi connectivity index (χ0n) is 39.7. The van der Waals surface area contributed by atoms with Gasteiger partial charge in [-0.3, -0.25) is 34.2 Å². The zero-order valence-corrected chi connectivity index (χ0v) is 40.5. The van der Waals surface area contributed by atoms with Crippen LogP contribution in [0.5, 0.6) is 11.5 Å². The van der Waals surface area contributed by atoms with Gasteiger partial charge in [-0.15, -0.1) is 0 Å². The number of methoxy groups -OCH3 is 1. The minimum Gasteiger partial charge on any atom is -0.494 e. The summed E-state index contributed by atoms with van der Waals surface area (Å²) in [6, 6.07) is 19.9. The molecule has 5 amide bonds. The number of urea groups is 1. The van der Waals surface area contributed by atoms with Crippen LogP contribution in [0.15, 0.2) is 66.7 Å². The van der Waals surface area contributed by atoms with Crippen LogP contribution in [-0.4, -0.2) is 102 Å². The number of carbonyl (C=O) groups excluding carboxylic acids is 4. The van der Waals surface area contributed by atoms with E-state index in [2.05, 4.69) is 43.7 Å². The van der Waals surface area contributed by atoms with E-state index in [0.29, 0.717) is 36.4 Å². The van der Waals surface area contributed by atoms with Gasteiger partial charge in [0.1, 0.15) is 11.6 Å². The van der Waals surface area contributed by atoms with Crippen LogP contribution in [0.1, 0.15) is 104 Å². The summed E-state index contributed by atoms with van der Waals surface area (Å²) in [7, 11) is 3.19. The van der Waals surface area contributed by atoms with Crippen LogP contribution in [0.3, 0.4) is 0 Å². The number of amides is 5. The molecule has 4 N–H and O–H groups in total. The van der Waals surface area contributed by atoms with Crippen molar-refractivity contribution >= 4 is 52.1 Å². The van der Waals surface area contributed by atoms with Crippen molar-refractivity contribution in [1.29, 1.82) is 0 Å². The summed E-state index contributed by atoms with van der Waals surface area (Å²) in [4.78, 5) is 57.5. The minimum atomic E-state index is -1.07. The van der Waals surface area contributed by atoms with E-state index in [1.54, 1.807) is 0 Å². The minimum absolute atomic E-state index is 0.00189. The summed E-state index contributed by atoms with van der Waals surface area (Å²) in [6.07, 6.45) is 7.39. The fourth-order valence-corrected chi connectivity index (χ4v) is 12.3. The van der Waals surface area contributed by atoms with Gasteiger partial charge in [0.05, 0.1) is 23.2 Å². The lowest BCUT2D eigenvalue weighted by Gasteiger charge is -2.43. The number of carbonyl (C=O) groups is 4. The van der Waals surface area contributed by atoms with Crippen LogP contribution in [0, 0.1) is 17.6 Å². The Bertz CT molecular complexity index is 2870. The smallest absolute Gasteiger partial charge is 0.329 e. The summed E-state index contributed by atoms with van der Waals surface area (Å²) in [5, 5.41) is 11.4. The highest BCUT2D eigenvalue weighted by molar-refractivity contribution is 6.34. The Hall–Kier alpha value is -6.10. The molecule has 3 atom stereocenters. The molecule has 14 nitrogen and oxygen atoms in total. The third kappa shape index (κ3) is 8.55. The van der Waals surface area contributed by atoms with Gasteiger partial charge in [-0.25, -0.2) is 13.6 Å². The first-order valence-corrected chi connectivity index (χ1v) is 24.9. The van der Waals surface area contributed by atoms with E-state index >= 15 is 8.78 Å². The van der Waals surface area contributed by atoms with Gasteiger partial charge >= 0.3 is 6.03 Å². The van der Waals surface area contributed by atoms with Crippen molar-refractivity contribution in [3.63, 3.8) is 0 Å². The Morgan fingerprint density at radius 3 is 2.43 bits per heavy atom. The molecule has 368 valence electrons. The van der Waals surface area contributed by atoms with Crippen LogP contribution in [-0.2, 0) is 22.2 Å². The number of nitrogens with zero attached hydrogens (tertiary/aromatic N) is 5. The van der Waals surface area contributed by atoms with Gasteiger partial charge in [-0.1, -0.05) is 54.9 Å². The van der Waals surface area contributed by atoms with Crippen LogP contribution >= 0.6 is 11.6 Å². The number of likely N-dealkylation sites (tertiary alicyclic amines) is 2. The number of imide groups is 1. The lowest BCUT2D eigenvalue weighted by Crippen LogP contribution is -2.53. The Balaban J connectivity index is 0.771. The molecule has 3 unspecified atom stereocenters. The Kier molecular flexibility index (Phi) is 13.1. The normalized spacial score (nSPS) is 24.4. The molecule has 5 heterocycles. The largest absolute Gasteiger partial charge is 0.494 e. The second kappa shape index (κ2) is 19.2. The molecule has 10 rings (SSSR count). The topological polar surface area (TPSA) is 164 Å². The summed E-state index contributed by atoms with van der Waals surface area (Å²) in [5.41, 5.74) is 7.76. The Labute approximate surface area is 410 Å². The monoisotopic (exact) mass is 976 g/mol. The molecule has 1 saturated carbocycles.